The Morgan fingerprint density at radius 2 is 2.22 bits per heavy atom. The minimum Gasteiger partial charge on any atom is -0.381 e. The second-order valence-electron chi connectivity index (χ2n) is 5.39. The summed E-state index contributed by atoms with van der Waals surface area (Å²) in [5.74, 6) is 0. The first kappa shape index (κ1) is 15.9. The number of aromatic nitrogens is 3. The largest absolute Gasteiger partial charge is 0.381 e. The molecule has 1 saturated heterocycles. The van der Waals surface area contributed by atoms with Gasteiger partial charge in [0.1, 0.15) is 5.02 Å². The Kier molecular flexibility index (Phi) is 5.22. The lowest BCUT2D eigenvalue weighted by molar-refractivity contribution is 0.168. The monoisotopic (exact) mass is 334 g/mol. The van der Waals surface area contributed by atoms with Crippen molar-refractivity contribution in [1.82, 2.24) is 25.4 Å². The third-order valence-corrected chi connectivity index (χ3v) is 4.33. The van der Waals surface area contributed by atoms with Crippen molar-refractivity contribution >= 4 is 17.3 Å². The molecule has 3 rings (SSSR count). The van der Waals surface area contributed by atoms with Crippen LogP contribution in [0.25, 0.3) is 0 Å². The van der Waals surface area contributed by atoms with Gasteiger partial charge in [0.25, 0.3) is 5.56 Å². The van der Waals surface area contributed by atoms with Gasteiger partial charge in [0.05, 0.1) is 11.9 Å². The molecule has 7 nitrogen and oxygen atoms in total. The summed E-state index contributed by atoms with van der Waals surface area (Å²) in [6, 6.07) is 4.42. The second-order valence-corrected chi connectivity index (χ2v) is 5.77. The molecular weight excluding hydrogens is 316 g/mol. The molecule has 0 bridgehead atoms. The second kappa shape index (κ2) is 7.54. The zero-order valence-electron chi connectivity index (χ0n) is 12.6. The molecule has 0 aliphatic carbocycles. The number of hydrogen-bond donors (Lipinski definition) is 3. The van der Waals surface area contributed by atoms with Crippen molar-refractivity contribution in [3.05, 3.63) is 51.7 Å². The van der Waals surface area contributed by atoms with E-state index in [1.807, 2.05) is 12.4 Å². The number of aromatic amines is 1. The molecule has 1 atom stereocenters. The van der Waals surface area contributed by atoms with E-state index in [0.717, 1.165) is 26.2 Å². The van der Waals surface area contributed by atoms with E-state index < -0.39 is 0 Å². The van der Waals surface area contributed by atoms with Gasteiger partial charge in [0.2, 0.25) is 0 Å². The van der Waals surface area contributed by atoms with Crippen LogP contribution in [0.2, 0.25) is 5.02 Å². The van der Waals surface area contributed by atoms with E-state index in [0.29, 0.717) is 18.3 Å². The molecule has 1 fully saturated rings. The fraction of sp³-hybridized carbons (Fsp3) is 0.400. The Labute approximate surface area is 139 Å². The fourth-order valence-electron chi connectivity index (χ4n) is 2.77. The average Bonchev–Trinajstić information content (AvgIpc) is 2.60. The van der Waals surface area contributed by atoms with Crippen LogP contribution in [0.5, 0.6) is 0 Å². The number of pyridine rings is 1. The molecule has 2 aromatic rings. The van der Waals surface area contributed by atoms with E-state index in [9.17, 15) is 4.79 Å². The first-order valence-corrected chi connectivity index (χ1v) is 7.95. The zero-order valence-corrected chi connectivity index (χ0v) is 13.4. The van der Waals surface area contributed by atoms with Crippen molar-refractivity contribution in [1.29, 1.82) is 0 Å². The molecule has 0 saturated carbocycles. The lowest BCUT2D eigenvalue weighted by atomic mass is 10.0. The Morgan fingerprint density at radius 3 is 3.04 bits per heavy atom. The van der Waals surface area contributed by atoms with Crippen LogP contribution in [0.1, 0.15) is 11.6 Å². The smallest absolute Gasteiger partial charge is 0.285 e. The predicted molar refractivity (Wildman–Crippen MR) is 89.8 cm³/mol. The molecule has 0 aromatic carbocycles. The molecule has 0 spiro atoms. The van der Waals surface area contributed by atoms with Crippen LogP contribution in [-0.4, -0.2) is 52.8 Å². The van der Waals surface area contributed by atoms with Crippen molar-refractivity contribution in [3.8, 4) is 0 Å². The normalized spacial score (nSPS) is 18.7. The quantitative estimate of drug-likeness (QED) is 0.752. The number of anilines is 1. The van der Waals surface area contributed by atoms with Crippen LogP contribution in [-0.2, 0) is 0 Å². The summed E-state index contributed by atoms with van der Waals surface area (Å²) < 4.78 is 0. The van der Waals surface area contributed by atoms with Crippen LogP contribution in [0, 0.1) is 0 Å². The van der Waals surface area contributed by atoms with Crippen molar-refractivity contribution in [2.24, 2.45) is 0 Å². The third kappa shape index (κ3) is 3.87. The van der Waals surface area contributed by atoms with Crippen LogP contribution in [0.15, 0.2) is 35.5 Å². The van der Waals surface area contributed by atoms with Gasteiger partial charge in [0, 0.05) is 51.2 Å². The van der Waals surface area contributed by atoms with E-state index >= 15 is 0 Å². The summed E-state index contributed by atoms with van der Waals surface area (Å²) >= 11 is 5.96. The molecule has 2 aromatic heterocycles. The van der Waals surface area contributed by atoms with Crippen molar-refractivity contribution < 1.29 is 0 Å². The maximum atomic E-state index is 11.4. The number of piperazine rings is 1. The molecule has 1 aliphatic rings. The summed E-state index contributed by atoms with van der Waals surface area (Å²) in [6.07, 6.45) is 5.17. The lowest BCUT2D eigenvalue weighted by Crippen LogP contribution is -2.47. The molecule has 8 heteroatoms. The maximum absolute atomic E-state index is 11.4. The third-order valence-electron chi connectivity index (χ3n) is 3.96. The molecule has 1 aliphatic heterocycles. The van der Waals surface area contributed by atoms with E-state index in [1.54, 1.807) is 0 Å². The molecule has 0 radical (unpaired) electrons. The van der Waals surface area contributed by atoms with Gasteiger partial charge in [-0.3, -0.25) is 14.7 Å². The highest BCUT2D eigenvalue weighted by atomic mass is 35.5. The van der Waals surface area contributed by atoms with Gasteiger partial charge in [-0.25, -0.2) is 5.10 Å². The Hall–Kier alpha value is -1.96. The van der Waals surface area contributed by atoms with Crippen molar-refractivity contribution in [3.63, 3.8) is 0 Å². The number of H-pyrrole nitrogens is 1. The van der Waals surface area contributed by atoms with Gasteiger partial charge in [-0.05, 0) is 17.7 Å². The first-order chi connectivity index (χ1) is 11.3. The minimum absolute atomic E-state index is 0.144. The van der Waals surface area contributed by atoms with Crippen molar-refractivity contribution in [2.45, 2.75) is 6.04 Å². The fourth-order valence-corrected chi connectivity index (χ4v) is 2.93. The summed E-state index contributed by atoms with van der Waals surface area (Å²) in [4.78, 5) is 17.9. The molecule has 122 valence electrons. The van der Waals surface area contributed by atoms with Gasteiger partial charge in [-0.15, -0.1) is 0 Å². The zero-order chi connectivity index (χ0) is 16.1. The van der Waals surface area contributed by atoms with Crippen molar-refractivity contribution in [2.75, 3.05) is 38.0 Å². The lowest BCUT2D eigenvalue weighted by Gasteiger charge is -2.36. The van der Waals surface area contributed by atoms with Gasteiger partial charge >= 0.3 is 0 Å². The van der Waals surface area contributed by atoms with Gasteiger partial charge in [-0.1, -0.05) is 11.6 Å². The molecule has 3 heterocycles. The summed E-state index contributed by atoms with van der Waals surface area (Å²) in [7, 11) is 0. The summed E-state index contributed by atoms with van der Waals surface area (Å²) in [5, 5.41) is 12.8. The van der Waals surface area contributed by atoms with Gasteiger partial charge in [-0.2, -0.15) is 5.10 Å². The highest BCUT2D eigenvalue weighted by Gasteiger charge is 2.23. The minimum atomic E-state index is -0.381. The SMILES string of the molecule is O=c1[nH]ncc(NCCN2CCNCC2c2ccncc2)c1Cl. The number of hydrogen-bond acceptors (Lipinski definition) is 6. The molecular formula is C15H19ClN6O. The Balaban J connectivity index is 1.62. The topological polar surface area (TPSA) is 85.9 Å². The number of halogens is 1. The maximum Gasteiger partial charge on any atom is 0.285 e. The van der Waals surface area contributed by atoms with Gasteiger partial charge in [0.15, 0.2) is 0 Å². The molecule has 23 heavy (non-hydrogen) atoms. The number of nitrogens with one attached hydrogen (secondary N) is 3. The van der Waals surface area contributed by atoms with Crippen LogP contribution in [0.3, 0.4) is 0 Å². The Bertz CT molecular complexity index is 692. The van der Waals surface area contributed by atoms with E-state index in [1.165, 1.54) is 11.8 Å². The number of rotatable bonds is 5. The van der Waals surface area contributed by atoms with Gasteiger partial charge < -0.3 is 10.6 Å². The summed E-state index contributed by atoms with van der Waals surface area (Å²) in [6.45, 7) is 4.38. The predicted octanol–water partition coefficient (Wildman–Crippen LogP) is 0.877. The van der Waals surface area contributed by atoms with E-state index in [4.69, 9.17) is 11.6 Å². The molecule has 1 unspecified atom stereocenters. The van der Waals surface area contributed by atoms with E-state index in [2.05, 4.69) is 42.8 Å². The first-order valence-electron chi connectivity index (χ1n) is 7.57. The Morgan fingerprint density at radius 1 is 1.39 bits per heavy atom. The summed E-state index contributed by atoms with van der Waals surface area (Å²) in [5.41, 5.74) is 1.43. The highest BCUT2D eigenvalue weighted by Crippen LogP contribution is 2.21. The molecule has 0 amide bonds. The van der Waals surface area contributed by atoms with E-state index in [-0.39, 0.29) is 10.6 Å². The average molecular weight is 335 g/mol. The highest BCUT2D eigenvalue weighted by molar-refractivity contribution is 6.32. The van der Waals surface area contributed by atoms with Crippen LogP contribution >= 0.6 is 11.6 Å². The molecule has 3 N–H and O–H groups in total. The standard InChI is InChI=1S/C15H19ClN6O/c16-14-12(9-20-21-15(14)23)19-6-8-22-7-5-18-10-13(22)11-1-3-17-4-2-11/h1-4,9,13,18H,5-8,10H2,(H2,19,21,23). The number of nitrogens with zero attached hydrogens (tertiary/aromatic N) is 3. The van der Waals surface area contributed by atoms with Crippen LogP contribution in [0.4, 0.5) is 5.69 Å². The van der Waals surface area contributed by atoms with Crippen LogP contribution < -0.4 is 16.2 Å².